The van der Waals surface area contributed by atoms with E-state index in [4.69, 9.17) is 5.53 Å². The van der Waals surface area contributed by atoms with Gasteiger partial charge in [-0.25, -0.2) is 0 Å². The van der Waals surface area contributed by atoms with Gasteiger partial charge in [-0.3, -0.25) is 0 Å². The molecular weight excluding hydrogens is 154 g/mol. The summed E-state index contributed by atoms with van der Waals surface area (Å²) in [5, 5.41) is 9.95. The lowest BCUT2D eigenvalue weighted by Gasteiger charge is -2.10. The monoisotopic (exact) mass is 167 g/mol. The zero-order valence-electron chi connectivity index (χ0n) is 6.95. The molecule has 66 valence electrons. The molecule has 1 aliphatic rings. The first-order valence-electron chi connectivity index (χ1n) is 3.97. The predicted molar refractivity (Wildman–Crippen MR) is 47.6 cm³/mol. The quantitative estimate of drug-likeness (QED) is 0.281. The van der Waals surface area contributed by atoms with Crippen LogP contribution in [0.1, 0.15) is 6.42 Å². The van der Waals surface area contributed by atoms with Crippen LogP contribution in [0, 0.1) is 0 Å². The predicted octanol–water partition coefficient (Wildman–Crippen LogP) is 0.762. The first kappa shape index (κ1) is 9.06. The third-order valence-corrected chi connectivity index (χ3v) is 1.76. The van der Waals surface area contributed by atoms with E-state index < -0.39 is 0 Å². The Balaban J connectivity index is 2.20. The fraction of sp³-hybridized carbons (Fsp3) is 0.714. The summed E-state index contributed by atoms with van der Waals surface area (Å²) >= 11 is 0. The van der Waals surface area contributed by atoms with Gasteiger partial charge in [-0.15, -0.1) is 0 Å². The maximum Gasteiger partial charge on any atom is 0.0610 e. The topological polar surface area (TPSA) is 72.8 Å². The average Bonchev–Trinajstić information content (AvgIpc) is 2.53. The van der Waals surface area contributed by atoms with Crippen LogP contribution in [-0.2, 0) is 0 Å². The molecule has 12 heavy (non-hydrogen) atoms. The van der Waals surface area contributed by atoms with Crippen LogP contribution in [0.2, 0.25) is 0 Å². The third-order valence-electron chi connectivity index (χ3n) is 1.76. The first-order chi connectivity index (χ1) is 5.83. The van der Waals surface area contributed by atoms with E-state index in [9.17, 15) is 0 Å². The molecule has 0 aromatic heterocycles. The van der Waals surface area contributed by atoms with Crippen LogP contribution in [0.3, 0.4) is 0 Å². The standard InChI is InChI=1S/C7H13N5/c1-6(5-11-12-8)4-7-9-2-3-10-7/h7,9-10H,1-5H2. The molecule has 1 heterocycles. The van der Waals surface area contributed by atoms with Crippen LogP contribution in [0.4, 0.5) is 0 Å². The number of azide groups is 1. The van der Waals surface area contributed by atoms with Gasteiger partial charge >= 0.3 is 0 Å². The fourth-order valence-corrected chi connectivity index (χ4v) is 1.19. The lowest BCUT2D eigenvalue weighted by molar-refractivity contribution is 0.546. The van der Waals surface area contributed by atoms with Crippen molar-refractivity contribution < 1.29 is 0 Å². The summed E-state index contributed by atoms with van der Waals surface area (Å²) in [5.41, 5.74) is 9.02. The molecular formula is C7H13N5. The zero-order valence-corrected chi connectivity index (χ0v) is 6.95. The summed E-state index contributed by atoms with van der Waals surface area (Å²) in [6, 6.07) is 0. The maximum atomic E-state index is 8.06. The van der Waals surface area contributed by atoms with E-state index in [-0.39, 0.29) is 0 Å². The summed E-state index contributed by atoms with van der Waals surface area (Å²) < 4.78 is 0. The van der Waals surface area contributed by atoms with Gasteiger partial charge in [0.25, 0.3) is 0 Å². The van der Waals surface area contributed by atoms with E-state index in [2.05, 4.69) is 27.2 Å². The van der Waals surface area contributed by atoms with Gasteiger partial charge in [0, 0.05) is 24.5 Å². The number of rotatable bonds is 4. The Labute approximate surface area is 71.5 Å². The normalized spacial score (nSPS) is 17.3. The lowest BCUT2D eigenvalue weighted by Crippen LogP contribution is -2.31. The highest BCUT2D eigenvalue weighted by Crippen LogP contribution is 2.03. The molecule has 0 radical (unpaired) electrons. The Kier molecular flexibility index (Phi) is 3.60. The molecule has 0 aromatic rings. The van der Waals surface area contributed by atoms with Crippen molar-refractivity contribution in [3.8, 4) is 0 Å². The molecule has 0 bridgehead atoms. The Bertz CT molecular complexity index is 200. The van der Waals surface area contributed by atoms with Crippen LogP contribution in [0.5, 0.6) is 0 Å². The molecule has 1 fully saturated rings. The largest absolute Gasteiger partial charge is 0.300 e. The minimum absolute atomic E-state index is 0.311. The van der Waals surface area contributed by atoms with Crippen molar-refractivity contribution >= 4 is 0 Å². The molecule has 0 atom stereocenters. The third kappa shape index (κ3) is 2.92. The van der Waals surface area contributed by atoms with Crippen LogP contribution >= 0.6 is 0 Å². The molecule has 0 unspecified atom stereocenters. The van der Waals surface area contributed by atoms with Gasteiger partial charge in [0.1, 0.15) is 0 Å². The highest BCUT2D eigenvalue weighted by molar-refractivity contribution is 5.00. The van der Waals surface area contributed by atoms with E-state index in [1.54, 1.807) is 0 Å². The Morgan fingerprint density at radius 1 is 1.58 bits per heavy atom. The molecule has 1 saturated heterocycles. The van der Waals surface area contributed by atoms with E-state index in [1.165, 1.54) is 0 Å². The minimum Gasteiger partial charge on any atom is -0.300 e. The highest BCUT2D eigenvalue weighted by atomic mass is 15.2. The van der Waals surface area contributed by atoms with Crippen molar-refractivity contribution in [1.29, 1.82) is 0 Å². The van der Waals surface area contributed by atoms with Crippen LogP contribution in [0.15, 0.2) is 17.3 Å². The summed E-state index contributed by atoms with van der Waals surface area (Å²) in [6.45, 7) is 6.21. The summed E-state index contributed by atoms with van der Waals surface area (Å²) in [7, 11) is 0. The SMILES string of the molecule is C=C(CN=[N+]=[N-])CC1NCCN1. The molecule has 5 nitrogen and oxygen atoms in total. The molecule has 1 rings (SSSR count). The number of nitrogens with one attached hydrogen (secondary N) is 2. The van der Waals surface area contributed by atoms with Crippen molar-refractivity contribution in [1.82, 2.24) is 10.6 Å². The van der Waals surface area contributed by atoms with Crippen molar-refractivity contribution in [2.75, 3.05) is 19.6 Å². The molecule has 0 saturated carbocycles. The van der Waals surface area contributed by atoms with Gasteiger partial charge in [-0.1, -0.05) is 17.3 Å². The van der Waals surface area contributed by atoms with Gasteiger partial charge in [0.2, 0.25) is 0 Å². The van der Waals surface area contributed by atoms with Crippen molar-refractivity contribution in [3.63, 3.8) is 0 Å². The van der Waals surface area contributed by atoms with E-state index in [0.717, 1.165) is 25.1 Å². The molecule has 0 aromatic carbocycles. The zero-order chi connectivity index (χ0) is 8.81. The Hall–Kier alpha value is -1.03. The van der Waals surface area contributed by atoms with Crippen molar-refractivity contribution in [2.45, 2.75) is 12.6 Å². The molecule has 0 amide bonds. The summed E-state index contributed by atoms with van der Waals surface area (Å²) in [5.74, 6) is 0. The van der Waals surface area contributed by atoms with Gasteiger partial charge in [0.15, 0.2) is 0 Å². The van der Waals surface area contributed by atoms with Crippen molar-refractivity contribution in [3.05, 3.63) is 22.6 Å². The van der Waals surface area contributed by atoms with Gasteiger partial charge in [-0.05, 0) is 12.0 Å². The van der Waals surface area contributed by atoms with Crippen LogP contribution in [-0.4, -0.2) is 25.8 Å². The Morgan fingerprint density at radius 2 is 2.25 bits per heavy atom. The lowest BCUT2D eigenvalue weighted by atomic mass is 10.2. The number of hydrogen-bond donors (Lipinski definition) is 2. The molecule has 0 aliphatic carbocycles. The molecule has 2 N–H and O–H groups in total. The number of nitrogens with zero attached hydrogens (tertiary/aromatic N) is 3. The summed E-state index contributed by atoms with van der Waals surface area (Å²) in [4.78, 5) is 2.67. The highest BCUT2D eigenvalue weighted by Gasteiger charge is 2.12. The average molecular weight is 167 g/mol. The molecule has 1 aliphatic heterocycles. The van der Waals surface area contributed by atoms with Crippen LogP contribution in [0.25, 0.3) is 10.4 Å². The van der Waals surface area contributed by atoms with Crippen molar-refractivity contribution in [2.24, 2.45) is 5.11 Å². The second kappa shape index (κ2) is 4.77. The second-order valence-electron chi connectivity index (χ2n) is 2.80. The number of hydrogen-bond acceptors (Lipinski definition) is 3. The van der Waals surface area contributed by atoms with Crippen LogP contribution < -0.4 is 10.6 Å². The summed E-state index contributed by atoms with van der Waals surface area (Å²) in [6.07, 6.45) is 1.14. The maximum absolute atomic E-state index is 8.06. The van der Waals surface area contributed by atoms with Gasteiger partial charge in [0.05, 0.1) is 6.17 Å². The van der Waals surface area contributed by atoms with E-state index >= 15 is 0 Å². The molecule has 5 heteroatoms. The Morgan fingerprint density at radius 3 is 2.83 bits per heavy atom. The fourth-order valence-electron chi connectivity index (χ4n) is 1.19. The van der Waals surface area contributed by atoms with Gasteiger partial charge < -0.3 is 10.6 Å². The first-order valence-corrected chi connectivity index (χ1v) is 3.97. The van der Waals surface area contributed by atoms with Gasteiger partial charge in [-0.2, -0.15) is 0 Å². The molecule has 0 spiro atoms. The second-order valence-corrected chi connectivity index (χ2v) is 2.80. The van der Waals surface area contributed by atoms with E-state index in [1.807, 2.05) is 0 Å². The minimum atomic E-state index is 0.311. The van der Waals surface area contributed by atoms with E-state index in [0.29, 0.717) is 12.7 Å². The smallest absolute Gasteiger partial charge is 0.0610 e.